The van der Waals surface area contributed by atoms with Crippen molar-refractivity contribution >= 4 is 23.5 Å². The molecule has 7 heteroatoms. The Labute approximate surface area is 144 Å². The molecule has 1 aliphatic heterocycles. The van der Waals surface area contributed by atoms with Crippen LogP contribution in [0.25, 0.3) is 11.3 Å². The summed E-state index contributed by atoms with van der Waals surface area (Å²) < 4.78 is 4.58. The Hall–Kier alpha value is -2.34. The van der Waals surface area contributed by atoms with E-state index < -0.39 is 0 Å². The predicted molar refractivity (Wildman–Crippen MR) is 89.4 cm³/mol. The zero-order valence-electron chi connectivity index (χ0n) is 13.3. The van der Waals surface area contributed by atoms with Gasteiger partial charge in [-0.15, -0.1) is 0 Å². The first-order valence-electron chi connectivity index (χ1n) is 7.75. The monoisotopic (exact) mass is 347 g/mol. The second-order valence-electron chi connectivity index (χ2n) is 5.68. The Morgan fingerprint density at radius 1 is 1.38 bits per heavy atom. The molecule has 0 bridgehead atoms. The number of halogens is 1. The fraction of sp³-hybridized carbons (Fsp3) is 0.353. The Morgan fingerprint density at radius 2 is 2.21 bits per heavy atom. The highest BCUT2D eigenvalue weighted by Gasteiger charge is 2.25. The van der Waals surface area contributed by atoms with E-state index in [2.05, 4.69) is 14.9 Å². The summed E-state index contributed by atoms with van der Waals surface area (Å²) in [5, 5.41) is 8.10. The van der Waals surface area contributed by atoms with Gasteiger partial charge in [-0.3, -0.25) is 14.7 Å². The average molecular weight is 348 g/mol. The summed E-state index contributed by atoms with van der Waals surface area (Å²) in [7, 11) is 1.32. The van der Waals surface area contributed by atoms with E-state index >= 15 is 0 Å². The molecule has 1 aromatic carbocycles. The van der Waals surface area contributed by atoms with E-state index in [1.807, 2.05) is 24.3 Å². The Morgan fingerprint density at radius 3 is 2.96 bits per heavy atom. The van der Waals surface area contributed by atoms with Gasteiger partial charge in [0, 0.05) is 47.8 Å². The predicted octanol–water partition coefficient (Wildman–Crippen LogP) is 2.57. The molecule has 0 aliphatic carbocycles. The van der Waals surface area contributed by atoms with Crippen LogP contribution in [0.4, 0.5) is 0 Å². The third-order valence-corrected chi connectivity index (χ3v) is 4.39. The second-order valence-corrected chi connectivity index (χ2v) is 6.12. The number of esters is 1. The first kappa shape index (κ1) is 16.5. The quantitative estimate of drug-likeness (QED) is 0.862. The minimum Gasteiger partial charge on any atom is -0.469 e. The van der Waals surface area contributed by atoms with E-state index in [9.17, 15) is 9.59 Å². The van der Waals surface area contributed by atoms with E-state index in [0.29, 0.717) is 24.5 Å². The van der Waals surface area contributed by atoms with Crippen molar-refractivity contribution in [3.05, 3.63) is 40.5 Å². The number of aromatic amines is 1. The van der Waals surface area contributed by atoms with Crippen molar-refractivity contribution in [2.75, 3.05) is 13.7 Å². The zero-order chi connectivity index (χ0) is 17.1. The van der Waals surface area contributed by atoms with Crippen molar-refractivity contribution in [2.24, 2.45) is 0 Å². The number of methoxy groups -OCH3 is 1. The van der Waals surface area contributed by atoms with Crippen LogP contribution < -0.4 is 0 Å². The van der Waals surface area contributed by atoms with Gasteiger partial charge >= 0.3 is 5.97 Å². The van der Waals surface area contributed by atoms with Gasteiger partial charge in [0.05, 0.1) is 19.2 Å². The topological polar surface area (TPSA) is 75.3 Å². The minimum atomic E-state index is -0.371. The number of rotatable bonds is 4. The lowest BCUT2D eigenvalue weighted by atomic mass is 10.0. The molecule has 1 N–H and O–H groups in total. The number of aromatic nitrogens is 2. The Kier molecular flexibility index (Phi) is 4.85. The number of carbonyl (C=O) groups is 2. The largest absolute Gasteiger partial charge is 0.469 e. The van der Waals surface area contributed by atoms with Crippen molar-refractivity contribution in [3.8, 4) is 11.3 Å². The summed E-state index contributed by atoms with van der Waals surface area (Å²) in [5.74, 6) is -0.423. The molecular formula is C17H18ClN3O3. The molecule has 0 fully saturated rings. The summed E-state index contributed by atoms with van der Waals surface area (Å²) in [6, 6.07) is 7.49. The second kappa shape index (κ2) is 7.05. The van der Waals surface area contributed by atoms with Gasteiger partial charge in [-0.25, -0.2) is 0 Å². The molecule has 1 aromatic heterocycles. The maximum Gasteiger partial charge on any atom is 0.306 e. The van der Waals surface area contributed by atoms with Crippen LogP contribution in [-0.2, 0) is 27.3 Å². The lowest BCUT2D eigenvalue weighted by Crippen LogP contribution is -2.36. The van der Waals surface area contributed by atoms with Crippen molar-refractivity contribution in [2.45, 2.75) is 25.8 Å². The number of hydrogen-bond acceptors (Lipinski definition) is 4. The smallest absolute Gasteiger partial charge is 0.306 e. The number of H-pyrrole nitrogens is 1. The van der Waals surface area contributed by atoms with Gasteiger partial charge in [-0.1, -0.05) is 23.7 Å². The van der Waals surface area contributed by atoms with E-state index in [0.717, 1.165) is 22.5 Å². The highest BCUT2D eigenvalue weighted by atomic mass is 35.5. The number of carbonyl (C=O) groups excluding carboxylic acids is 2. The molecular weight excluding hydrogens is 330 g/mol. The summed E-state index contributed by atoms with van der Waals surface area (Å²) in [6.45, 7) is 1.10. The van der Waals surface area contributed by atoms with Crippen molar-refractivity contribution in [1.82, 2.24) is 15.1 Å². The van der Waals surface area contributed by atoms with E-state index in [1.165, 1.54) is 7.11 Å². The molecule has 0 atom stereocenters. The van der Waals surface area contributed by atoms with Gasteiger partial charge in [-0.2, -0.15) is 5.10 Å². The van der Waals surface area contributed by atoms with E-state index in [4.69, 9.17) is 11.6 Å². The Balaban J connectivity index is 1.76. The number of hydrogen-bond donors (Lipinski definition) is 1. The van der Waals surface area contributed by atoms with Crippen LogP contribution >= 0.6 is 11.6 Å². The van der Waals surface area contributed by atoms with Crippen molar-refractivity contribution < 1.29 is 14.3 Å². The van der Waals surface area contributed by atoms with Crippen LogP contribution in [-0.4, -0.2) is 40.6 Å². The molecule has 1 aliphatic rings. The number of amides is 1. The van der Waals surface area contributed by atoms with Crippen LogP contribution in [0.5, 0.6) is 0 Å². The van der Waals surface area contributed by atoms with Gasteiger partial charge in [0.1, 0.15) is 0 Å². The summed E-state index contributed by atoms with van der Waals surface area (Å²) in [5.41, 5.74) is 3.79. The van der Waals surface area contributed by atoms with Crippen LogP contribution in [0.3, 0.4) is 0 Å². The van der Waals surface area contributed by atoms with Crippen molar-refractivity contribution in [1.29, 1.82) is 0 Å². The number of benzene rings is 1. The molecule has 0 unspecified atom stereocenters. The third-order valence-electron chi connectivity index (χ3n) is 4.15. The molecule has 2 aromatic rings. The SMILES string of the molecule is COC(=O)CCC(=O)N1CCc2[nH]nc(-c3cccc(Cl)c3)c2C1. The summed E-state index contributed by atoms with van der Waals surface area (Å²) in [6.07, 6.45) is 0.977. The van der Waals surface area contributed by atoms with E-state index in [-0.39, 0.29) is 24.7 Å². The molecule has 0 saturated heterocycles. The maximum atomic E-state index is 12.3. The van der Waals surface area contributed by atoms with Crippen LogP contribution in [0.2, 0.25) is 5.02 Å². The third kappa shape index (κ3) is 3.43. The molecule has 126 valence electrons. The number of ether oxygens (including phenoxy) is 1. The fourth-order valence-electron chi connectivity index (χ4n) is 2.85. The number of nitrogens with zero attached hydrogens (tertiary/aromatic N) is 2. The van der Waals surface area contributed by atoms with E-state index in [1.54, 1.807) is 4.90 Å². The molecule has 0 spiro atoms. The van der Waals surface area contributed by atoms with Gasteiger partial charge in [0.2, 0.25) is 5.91 Å². The van der Waals surface area contributed by atoms with Crippen LogP contribution in [0.15, 0.2) is 24.3 Å². The van der Waals surface area contributed by atoms with Gasteiger partial charge in [-0.05, 0) is 12.1 Å². The molecule has 0 saturated carbocycles. The molecule has 2 heterocycles. The summed E-state index contributed by atoms with van der Waals surface area (Å²) in [4.78, 5) is 25.3. The molecule has 1 amide bonds. The highest BCUT2D eigenvalue weighted by Crippen LogP contribution is 2.30. The van der Waals surface area contributed by atoms with Gasteiger partial charge < -0.3 is 9.64 Å². The van der Waals surface area contributed by atoms with Gasteiger partial charge in [0.25, 0.3) is 0 Å². The highest BCUT2D eigenvalue weighted by molar-refractivity contribution is 6.30. The summed E-state index contributed by atoms with van der Waals surface area (Å²) >= 11 is 6.06. The molecule has 3 rings (SSSR count). The Bertz CT molecular complexity index is 772. The first-order valence-corrected chi connectivity index (χ1v) is 8.13. The zero-order valence-corrected chi connectivity index (χ0v) is 14.1. The van der Waals surface area contributed by atoms with Crippen LogP contribution in [0, 0.1) is 0 Å². The normalized spacial score (nSPS) is 13.5. The fourth-order valence-corrected chi connectivity index (χ4v) is 3.04. The van der Waals surface area contributed by atoms with Crippen LogP contribution in [0.1, 0.15) is 24.1 Å². The van der Waals surface area contributed by atoms with Crippen molar-refractivity contribution in [3.63, 3.8) is 0 Å². The standard InChI is InChI=1S/C17H18ClN3O3/c1-24-16(23)6-5-15(22)21-8-7-14-13(10-21)17(20-19-14)11-3-2-4-12(18)9-11/h2-4,9H,5-8,10H2,1H3,(H,19,20). The minimum absolute atomic E-state index is 0.0516. The van der Waals surface area contributed by atoms with Gasteiger partial charge in [0.15, 0.2) is 0 Å². The number of nitrogens with one attached hydrogen (secondary N) is 1. The maximum absolute atomic E-state index is 12.3. The molecule has 6 nitrogen and oxygen atoms in total. The average Bonchev–Trinajstić information content (AvgIpc) is 3.02. The lowest BCUT2D eigenvalue weighted by molar-refractivity contribution is -0.143. The molecule has 0 radical (unpaired) electrons. The lowest BCUT2D eigenvalue weighted by Gasteiger charge is -2.27. The first-order chi connectivity index (χ1) is 11.6. The molecule has 24 heavy (non-hydrogen) atoms. The number of fused-ring (bicyclic) bond motifs is 1.